The maximum Gasteiger partial charge on any atom is 0.237 e. The second-order valence-electron chi connectivity index (χ2n) is 8.33. The number of ether oxygens (including phenoxy) is 2. The smallest absolute Gasteiger partial charge is 0.237 e. The van der Waals surface area contributed by atoms with Gasteiger partial charge in [0.1, 0.15) is 11.5 Å². The Hall–Kier alpha value is -3.15. The van der Waals surface area contributed by atoms with E-state index >= 15 is 0 Å². The summed E-state index contributed by atoms with van der Waals surface area (Å²) in [5, 5.41) is 0. The Morgan fingerprint density at radius 3 is 2.27 bits per heavy atom. The number of imide groups is 1. The largest absolute Gasteiger partial charge is 0.497 e. The number of ketones is 1. The number of hydrogen-bond donors (Lipinski definition) is 0. The van der Waals surface area contributed by atoms with Crippen molar-refractivity contribution in [1.82, 2.24) is 0 Å². The van der Waals surface area contributed by atoms with Crippen LogP contribution in [0.2, 0.25) is 0 Å². The molecule has 2 amide bonds. The van der Waals surface area contributed by atoms with Gasteiger partial charge in [0.2, 0.25) is 11.8 Å². The van der Waals surface area contributed by atoms with Crippen molar-refractivity contribution in [1.29, 1.82) is 0 Å². The van der Waals surface area contributed by atoms with Gasteiger partial charge in [0.25, 0.3) is 0 Å². The first-order valence-corrected chi connectivity index (χ1v) is 10.3. The lowest BCUT2D eigenvalue weighted by Gasteiger charge is -2.19. The van der Waals surface area contributed by atoms with Crippen molar-refractivity contribution < 1.29 is 23.9 Å². The van der Waals surface area contributed by atoms with Gasteiger partial charge < -0.3 is 9.47 Å². The summed E-state index contributed by atoms with van der Waals surface area (Å²) >= 11 is 0. The fraction of sp³-hybridized carbons (Fsp3) is 0.375. The van der Waals surface area contributed by atoms with Gasteiger partial charge in [-0.2, -0.15) is 0 Å². The molecule has 0 N–H and O–H groups in total. The third kappa shape index (κ3) is 2.98. The van der Waals surface area contributed by atoms with Crippen LogP contribution in [-0.2, 0) is 9.59 Å². The molecule has 6 nitrogen and oxygen atoms in total. The summed E-state index contributed by atoms with van der Waals surface area (Å²) in [4.78, 5) is 39.5. The first-order valence-electron chi connectivity index (χ1n) is 10.3. The third-order valence-corrected chi connectivity index (χ3v) is 6.78. The highest BCUT2D eigenvalue weighted by molar-refractivity contribution is 6.22. The normalized spacial score (nSPS) is 26.8. The van der Waals surface area contributed by atoms with Crippen LogP contribution in [0.15, 0.2) is 48.5 Å². The molecule has 0 spiro atoms. The van der Waals surface area contributed by atoms with Gasteiger partial charge in [0, 0.05) is 5.56 Å². The lowest BCUT2D eigenvalue weighted by atomic mass is 9.81. The first kappa shape index (κ1) is 18.9. The maximum absolute atomic E-state index is 12.9. The molecule has 3 fully saturated rings. The zero-order chi connectivity index (χ0) is 20.8. The van der Waals surface area contributed by atoms with Crippen molar-refractivity contribution >= 4 is 23.3 Å². The molecule has 2 bridgehead atoms. The highest BCUT2D eigenvalue weighted by Gasteiger charge is 2.61. The van der Waals surface area contributed by atoms with Crippen LogP contribution in [0, 0.1) is 23.7 Å². The Balaban J connectivity index is 1.25. The summed E-state index contributed by atoms with van der Waals surface area (Å²) in [6.45, 7) is -0.110. The van der Waals surface area contributed by atoms with Crippen molar-refractivity contribution in [2.24, 2.45) is 23.7 Å². The molecule has 0 aromatic heterocycles. The number of benzene rings is 2. The Morgan fingerprint density at radius 1 is 0.967 bits per heavy atom. The average molecular weight is 405 g/mol. The molecule has 2 aliphatic carbocycles. The summed E-state index contributed by atoms with van der Waals surface area (Å²) in [5.41, 5.74) is 1.09. The van der Waals surface area contributed by atoms with Gasteiger partial charge in [-0.3, -0.25) is 19.3 Å². The van der Waals surface area contributed by atoms with Crippen molar-refractivity contribution in [2.45, 2.75) is 19.3 Å². The number of hydrogen-bond acceptors (Lipinski definition) is 5. The molecule has 1 aliphatic heterocycles. The van der Waals surface area contributed by atoms with Crippen LogP contribution < -0.4 is 14.4 Å². The van der Waals surface area contributed by atoms with Crippen molar-refractivity contribution in [3.8, 4) is 11.5 Å². The molecule has 2 aromatic carbocycles. The number of carbonyl (C=O) groups excluding carboxylic acids is 3. The number of rotatable bonds is 6. The van der Waals surface area contributed by atoms with E-state index in [1.54, 1.807) is 55.6 Å². The van der Waals surface area contributed by atoms with Crippen molar-refractivity contribution in [3.05, 3.63) is 54.1 Å². The topological polar surface area (TPSA) is 72.9 Å². The second kappa shape index (κ2) is 7.27. The summed E-state index contributed by atoms with van der Waals surface area (Å²) in [6, 6.07) is 13.7. The Bertz CT molecular complexity index is 987. The van der Waals surface area contributed by atoms with Gasteiger partial charge in [-0.1, -0.05) is 12.1 Å². The van der Waals surface area contributed by atoms with Gasteiger partial charge in [-0.05, 0) is 67.5 Å². The van der Waals surface area contributed by atoms with E-state index in [0.29, 0.717) is 34.6 Å². The van der Waals surface area contributed by atoms with E-state index in [1.165, 1.54) is 4.90 Å². The molecule has 1 saturated heterocycles. The molecule has 154 valence electrons. The number of anilines is 1. The molecule has 30 heavy (non-hydrogen) atoms. The fourth-order valence-electron chi connectivity index (χ4n) is 5.38. The molecule has 0 unspecified atom stereocenters. The minimum atomic E-state index is -0.161. The van der Waals surface area contributed by atoms with Crippen LogP contribution in [0.5, 0.6) is 11.5 Å². The lowest BCUT2D eigenvalue weighted by molar-refractivity contribution is -0.123. The van der Waals surface area contributed by atoms with E-state index in [0.717, 1.165) is 19.3 Å². The average Bonchev–Trinajstić information content (AvgIpc) is 3.46. The molecule has 6 heteroatoms. The van der Waals surface area contributed by atoms with E-state index in [2.05, 4.69) is 0 Å². The van der Waals surface area contributed by atoms with Crippen LogP contribution in [-0.4, -0.2) is 31.3 Å². The fourth-order valence-corrected chi connectivity index (χ4v) is 5.38. The van der Waals surface area contributed by atoms with Crippen molar-refractivity contribution in [3.63, 3.8) is 0 Å². The zero-order valence-electron chi connectivity index (χ0n) is 16.7. The van der Waals surface area contributed by atoms with E-state index in [4.69, 9.17) is 9.47 Å². The molecule has 4 atom stereocenters. The standard InChI is InChI=1S/C24H23NO5/c1-29-19-4-2-3-14(12-19)20(26)13-30-18-9-7-17(8-10-18)25-23(27)21-15-5-6-16(11-15)22(21)24(25)28/h2-4,7-10,12,15-16,21-22H,5-6,11,13H2,1H3/t15-,16+,21-,22-/m0/s1. The zero-order valence-corrected chi connectivity index (χ0v) is 16.7. The monoisotopic (exact) mass is 405 g/mol. The minimum Gasteiger partial charge on any atom is -0.497 e. The van der Waals surface area contributed by atoms with E-state index < -0.39 is 0 Å². The van der Waals surface area contributed by atoms with Gasteiger partial charge in [-0.25, -0.2) is 0 Å². The second-order valence-corrected chi connectivity index (χ2v) is 8.33. The molecule has 1 heterocycles. The van der Waals surface area contributed by atoms with Gasteiger partial charge in [-0.15, -0.1) is 0 Å². The highest BCUT2D eigenvalue weighted by Crippen LogP contribution is 2.56. The summed E-state index contributed by atoms with van der Waals surface area (Å²) in [5.74, 6) is 1.32. The number of nitrogens with zero attached hydrogens (tertiary/aromatic N) is 1. The quantitative estimate of drug-likeness (QED) is 0.543. The van der Waals surface area contributed by atoms with E-state index in [9.17, 15) is 14.4 Å². The maximum atomic E-state index is 12.9. The van der Waals surface area contributed by atoms with Gasteiger partial charge in [0.15, 0.2) is 12.4 Å². The summed E-state index contributed by atoms with van der Waals surface area (Å²) in [6.07, 6.45) is 3.15. The number of fused-ring (bicyclic) bond motifs is 5. The predicted octanol–water partition coefficient (Wildman–Crippen LogP) is 3.49. The van der Waals surface area contributed by atoms with Crippen molar-refractivity contribution in [2.75, 3.05) is 18.6 Å². The van der Waals surface area contributed by atoms with Gasteiger partial charge >= 0.3 is 0 Å². The first-order chi connectivity index (χ1) is 14.6. The molecule has 0 radical (unpaired) electrons. The summed E-state index contributed by atoms with van der Waals surface area (Å²) < 4.78 is 10.7. The SMILES string of the molecule is COc1cccc(C(=O)COc2ccc(N3C(=O)[C@H]4[C@@H]5CC[C@@H](C5)[C@@H]4C3=O)cc2)c1. The number of methoxy groups -OCH3 is 1. The van der Waals surface area contributed by atoms with Crippen LogP contribution in [0.4, 0.5) is 5.69 Å². The molecule has 2 saturated carbocycles. The van der Waals surface area contributed by atoms with Crippen LogP contribution in [0.1, 0.15) is 29.6 Å². The number of Topliss-reactive ketones (excluding diaryl/α,β-unsaturated/α-hetero) is 1. The van der Waals surface area contributed by atoms with Crippen LogP contribution in [0.3, 0.4) is 0 Å². The van der Waals surface area contributed by atoms with Gasteiger partial charge in [0.05, 0.1) is 24.6 Å². The minimum absolute atomic E-state index is 0.0564. The Kier molecular flexibility index (Phi) is 4.57. The Labute approximate surface area is 174 Å². The molecule has 5 rings (SSSR count). The van der Waals surface area contributed by atoms with E-state index in [1.807, 2.05) is 0 Å². The lowest BCUT2D eigenvalue weighted by Crippen LogP contribution is -2.32. The van der Waals surface area contributed by atoms with Crippen LogP contribution in [0.25, 0.3) is 0 Å². The highest BCUT2D eigenvalue weighted by atomic mass is 16.5. The molecular formula is C24H23NO5. The third-order valence-electron chi connectivity index (χ3n) is 6.78. The van der Waals surface area contributed by atoms with E-state index in [-0.39, 0.29) is 36.0 Å². The predicted molar refractivity (Wildman–Crippen MR) is 110 cm³/mol. The molecule has 2 aromatic rings. The number of amides is 2. The number of carbonyl (C=O) groups is 3. The Morgan fingerprint density at radius 2 is 1.63 bits per heavy atom. The molecule has 3 aliphatic rings. The molecular weight excluding hydrogens is 382 g/mol. The summed E-state index contributed by atoms with van der Waals surface area (Å²) in [7, 11) is 1.55. The van der Waals surface area contributed by atoms with Crippen LogP contribution >= 0.6 is 0 Å².